The maximum atomic E-state index is 13.7. The van der Waals surface area contributed by atoms with Crippen molar-refractivity contribution in [2.24, 2.45) is 0 Å². The number of methoxy groups -OCH3 is 1. The number of ether oxygens (including phenoxy) is 2. The van der Waals surface area contributed by atoms with E-state index in [1.165, 1.54) is 7.11 Å². The van der Waals surface area contributed by atoms with E-state index in [1.54, 1.807) is 19.1 Å². The molecule has 0 spiro atoms. The van der Waals surface area contributed by atoms with Gasteiger partial charge in [-0.05, 0) is 81.5 Å². The van der Waals surface area contributed by atoms with Crippen LogP contribution < -0.4 is 16.0 Å². The first-order valence-corrected chi connectivity index (χ1v) is 13.7. The molecule has 1 fully saturated rings. The van der Waals surface area contributed by atoms with Gasteiger partial charge in [-0.3, -0.25) is 4.79 Å². The van der Waals surface area contributed by atoms with Crippen molar-refractivity contribution in [2.45, 2.75) is 78.0 Å². The molecule has 3 amide bonds. The molecule has 8 heteroatoms. The highest BCUT2D eigenvalue weighted by Crippen LogP contribution is 2.34. The molecule has 3 aromatic carbocycles. The maximum absolute atomic E-state index is 13.7. The van der Waals surface area contributed by atoms with Crippen molar-refractivity contribution in [3.63, 3.8) is 0 Å². The second-order valence-electron chi connectivity index (χ2n) is 11.1. The molecule has 0 aliphatic heterocycles. The van der Waals surface area contributed by atoms with E-state index in [9.17, 15) is 14.4 Å². The van der Waals surface area contributed by atoms with Gasteiger partial charge in [-0.2, -0.15) is 0 Å². The third-order valence-electron chi connectivity index (χ3n) is 7.64. The zero-order chi connectivity index (χ0) is 29.0. The highest BCUT2D eigenvalue weighted by atomic mass is 16.5. The number of anilines is 2. The summed E-state index contributed by atoms with van der Waals surface area (Å²) in [6.07, 6.45) is 3.30. The Bertz CT molecular complexity index is 1400. The fourth-order valence-electron chi connectivity index (χ4n) is 5.65. The third kappa shape index (κ3) is 6.62. The van der Waals surface area contributed by atoms with Crippen LogP contribution in [0, 0.1) is 20.8 Å². The van der Waals surface area contributed by atoms with Crippen LogP contribution in [0.2, 0.25) is 0 Å². The topological polar surface area (TPSA) is 106 Å². The van der Waals surface area contributed by atoms with Crippen LogP contribution in [0.4, 0.5) is 16.2 Å². The van der Waals surface area contributed by atoms with Crippen molar-refractivity contribution in [3.05, 3.63) is 70.8 Å². The highest BCUT2D eigenvalue weighted by molar-refractivity contribution is 6.10. The summed E-state index contributed by atoms with van der Waals surface area (Å²) in [4.78, 5) is 39.6. The lowest BCUT2D eigenvalue weighted by Gasteiger charge is -2.32. The van der Waals surface area contributed by atoms with Crippen LogP contribution in [0.3, 0.4) is 0 Å². The monoisotopic (exact) mass is 545 g/mol. The summed E-state index contributed by atoms with van der Waals surface area (Å²) >= 11 is 0. The molecule has 212 valence electrons. The van der Waals surface area contributed by atoms with Gasteiger partial charge in [0.15, 0.2) is 6.04 Å². The molecular weight excluding hydrogens is 506 g/mol. The van der Waals surface area contributed by atoms with E-state index in [2.05, 4.69) is 16.0 Å². The van der Waals surface area contributed by atoms with E-state index < -0.39 is 30.1 Å². The Morgan fingerprint density at radius 3 is 2.10 bits per heavy atom. The quantitative estimate of drug-likeness (QED) is 0.283. The average molecular weight is 546 g/mol. The number of fused-ring (bicyclic) bond motifs is 1. The van der Waals surface area contributed by atoms with E-state index in [4.69, 9.17) is 9.47 Å². The summed E-state index contributed by atoms with van der Waals surface area (Å²) < 4.78 is 11.3. The van der Waals surface area contributed by atoms with E-state index in [0.717, 1.165) is 53.1 Å². The predicted octanol–water partition coefficient (Wildman–Crippen LogP) is 6.42. The number of aryl methyl sites for hydroxylation is 3. The Hall–Kier alpha value is -3.91. The summed E-state index contributed by atoms with van der Waals surface area (Å²) in [7, 11) is 1.29. The van der Waals surface area contributed by atoms with Gasteiger partial charge in [-0.1, -0.05) is 54.8 Å². The number of benzene rings is 3. The Morgan fingerprint density at radius 2 is 1.50 bits per heavy atom. The normalized spacial score (nSPS) is 15.8. The molecule has 0 aromatic heterocycles. The minimum absolute atomic E-state index is 0.222. The minimum Gasteiger partial charge on any atom is -0.467 e. The van der Waals surface area contributed by atoms with Gasteiger partial charge in [-0.25, -0.2) is 9.59 Å². The Balaban J connectivity index is 1.62. The van der Waals surface area contributed by atoms with Gasteiger partial charge in [0.1, 0.15) is 0 Å². The van der Waals surface area contributed by atoms with Crippen LogP contribution in [0.5, 0.6) is 0 Å². The number of carbonyl (C=O) groups excluding carboxylic acids is 3. The number of hydrogen-bond acceptors (Lipinski definition) is 5. The number of urea groups is 1. The van der Waals surface area contributed by atoms with Crippen LogP contribution in [0.1, 0.15) is 66.6 Å². The van der Waals surface area contributed by atoms with Crippen molar-refractivity contribution < 1.29 is 23.9 Å². The molecular formula is C32H39N3O5. The summed E-state index contributed by atoms with van der Waals surface area (Å²) in [5.41, 5.74) is 3.89. The van der Waals surface area contributed by atoms with Crippen LogP contribution in [-0.4, -0.2) is 42.8 Å². The molecule has 3 N–H and O–H groups in total. The molecule has 1 saturated carbocycles. The number of rotatable bonds is 8. The largest absolute Gasteiger partial charge is 0.467 e. The van der Waals surface area contributed by atoms with Crippen molar-refractivity contribution >= 4 is 40.1 Å². The first-order chi connectivity index (χ1) is 19.0. The number of carbonyl (C=O) groups is 3. The van der Waals surface area contributed by atoms with Gasteiger partial charge in [0.05, 0.1) is 30.1 Å². The lowest BCUT2D eigenvalue weighted by Crippen LogP contribution is -2.51. The van der Waals surface area contributed by atoms with E-state index in [-0.39, 0.29) is 11.2 Å². The standard InChI is InChI=1S/C32H39N3O5/c1-19-15-20(2)27(21(3)16-19)35-31(38)33-26-18-24-12-8-7-11-23(24)17-25(26)29(36)34-28(30(37)39-6)22(4)40-32(5)13-9-10-14-32/h7-8,11-12,15-18,22,28H,9-10,13-14H2,1-6H3,(H,34,36)(H2,33,35,38)/t22?,28-/m0/s1. The van der Waals surface area contributed by atoms with Crippen molar-refractivity contribution in [3.8, 4) is 0 Å². The lowest BCUT2D eigenvalue weighted by atomic mass is 10.0. The second kappa shape index (κ2) is 12.1. The average Bonchev–Trinajstić information content (AvgIpc) is 3.33. The summed E-state index contributed by atoms with van der Waals surface area (Å²) in [5.74, 6) is -1.12. The number of esters is 1. The molecule has 3 aromatic rings. The number of nitrogens with one attached hydrogen (secondary N) is 3. The Labute approximate surface area is 235 Å². The van der Waals surface area contributed by atoms with Gasteiger partial charge >= 0.3 is 12.0 Å². The highest BCUT2D eigenvalue weighted by Gasteiger charge is 2.37. The molecule has 8 nitrogen and oxygen atoms in total. The number of hydrogen-bond donors (Lipinski definition) is 3. The van der Waals surface area contributed by atoms with Gasteiger partial charge in [0.25, 0.3) is 5.91 Å². The SMILES string of the molecule is COC(=O)[C@@H](NC(=O)c1cc2ccccc2cc1NC(=O)Nc1c(C)cc(C)cc1C)C(C)OC1(C)CCCC1. The van der Waals surface area contributed by atoms with Gasteiger partial charge in [0, 0.05) is 5.69 Å². The lowest BCUT2D eigenvalue weighted by molar-refractivity contribution is -0.151. The van der Waals surface area contributed by atoms with Crippen molar-refractivity contribution in [2.75, 3.05) is 17.7 Å². The molecule has 0 bridgehead atoms. The molecule has 4 rings (SSSR count). The zero-order valence-corrected chi connectivity index (χ0v) is 24.1. The summed E-state index contributed by atoms with van der Waals surface area (Å²) in [6, 6.07) is 13.5. The molecule has 1 aliphatic rings. The third-order valence-corrected chi connectivity index (χ3v) is 7.64. The maximum Gasteiger partial charge on any atom is 0.331 e. The first kappa shape index (κ1) is 29.1. The van der Waals surface area contributed by atoms with Crippen LogP contribution in [0.15, 0.2) is 48.5 Å². The zero-order valence-electron chi connectivity index (χ0n) is 24.1. The number of amides is 3. The second-order valence-corrected chi connectivity index (χ2v) is 11.1. The first-order valence-electron chi connectivity index (χ1n) is 13.7. The molecule has 40 heavy (non-hydrogen) atoms. The predicted molar refractivity (Wildman–Crippen MR) is 158 cm³/mol. The Morgan fingerprint density at radius 1 is 0.900 bits per heavy atom. The summed E-state index contributed by atoms with van der Waals surface area (Å²) in [5, 5.41) is 10.3. The van der Waals surface area contributed by atoms with Gasteiger partial charge in [0.2, 0.25) is 0 Å². The molecule has 0 heterocycles. The van der Waals surface area contributed by atoms with Crippen LogP contribution >= 0.6 is 0 Å². The van der Waals surface area contributed by atoms with Gasteiger partial charge < -0.3 is 25.4 Å². The Kier molecular flexibility index (Phi) is 8.79. The van der Waals surface area contributed by atoms with E-state index in [1.807, 2.05) is 64.1 Å². The van der Waals surface area contributed by atoms with E-state index >= 15 is 0 Å². The fraction of sp³-hybridized carbons (Fsp3) is 0.406. The molecule has 1 unspecified atom stereocenters. The van der Waals surface area contributed by atoms with E-state index in [0.29, 0.717) is 11.4 Å². The molecule has 0 saturated heterocycles. The van der Waals surface area contributed by atoms with Crippen LogP contribution in [-0.2, 0) is 14.3 Å². The minimum atomic E-state index is -1.03. The summed E-state index contributed by atoms with van der Waals surface area (Å²) in [6.45, 7) is 9.68. The molecule has 1 aliphatic carbocycles. The molecule has 2 atom stereocenters. The van der Waals surface area contributed by atoms with Crippen molar-refractivity contribution in [1.29, 1.82) is 0 Å². The van der Waals surface area contributed by atoms with Crippen molar-refractivity contribution in [1.82, 2.24) is 5.32 Å². The fourth-order valence-corrected chi connectivity index (χ4v) is 5.65. The van der Waals surface area contributed by atoms with Crippen LogP contribution in [0.25, 0.3) is 10.8 Å². The van der Waals surface area contributed by atoms with Gasteiger partial charge in [-0.15, -0.1) is 0 Å². The molecule has 0 radical (unpaired) electrons. The smallest absolute Gasteiger partial charge is 0.331 e.